The molecule has 2 aromatic rings. The number of carbonyl (C=O) groups excluding carboxylic acids is 2. The van der Waals surface area contributed by atoms with Gasteiger partial charge in [-0.05, 0) is 49.7 Å². The van der Waals surface area contributed by atoms with Gasteiger partial charge in [0.05, 0.1) is 0 Å². The number of amides is 3. The molecular formula is C19H21N3O3. The van der Waals surface area contributed by atoms with E-state index in [0.717, 1.165) is 5.75 Å². The van der Waals surface area contributed by atoms with E-state index >= 15 is 0 Å². The normalized spacial score (nSPS) is 16.7. The SMILES string of the molecule is Cc1ccc(Oc2ccc(NC(=O)N[C@@H]3CCC(=O)NC3)cc2)cc1. The van der Waals surface area contributed by atoms with Crippen LogP contribution in [0, 0.1) is 6.92 Å². The average Bonchev–Trinajstić information content (AvgIpc) is 2.61. The van der Waals surface area contributed by atoms with Crippen molar-refractivity contribution in [2.75, 3.05) is 11.9 Å². The summed E-state index contributed by atoms with van der Waals surface area (Å²) < 4.78 is 5.76. The first-order chi connectivity index (χ1) is 12.1. The molecule has 1 saturated heterocycles. The number of carbonyl (C=O) groups is 2. The quantitative estimate of drug-likeness (QED) is 0.800. The summed E-state index contributed by atoms with van der Waals surface area (Å²) in [5.74, 6) is 1.50. The molecule has 1 fully saturated rings. The second-order valence-corrected chi connectivity index (χ2v) is 6.08. The van der Waals surface area contributed by atoms with Crippen LogP contribution in [0.5, 0.6) is 11.5 Å². The van der Waals surface area contributed by atoms with Gasteiger partial charge in [0.15, 0.2) is 0 Å². The van der Waals surface area contributed by atoms with Crippen molar-refractivity contribution in [1.29, 1.82) is 0 Å². The van der Waals surface area contributed by atoms with Gasteiger partial charge < -0.3 is 20.7 Å². The van der Waals surface area contributed by atoms with Crippen LogP contribution in [0.4, 0.5) is 10.5 Å². The van der Waals surface area contributed by atoms with Crippen molar-refractivity contribution >= 4 is 17.6 Å². The molecule has 3 N–H and O–H groups in total. The third-order valence-electron chi connectivity index (χ3n) is 3.97. The topological polar surface area (TPSA) is 79.5 Å². The van der Waals surface area contributed by atoms with Crippen molar-refractivity contribution in [3.05, 3.63) is 54.1 Å². The van der Waals surface area contributed by atoms with Crippen molar-refractivity contribution in [1.82, 2.24) is 10.6 Å². The monoisotopic (exact) mass is 339 g/mol. The number of ether oxygens (including phenoxy) is 1. The van der Waals surface area contributed by atoms with Crippen LogP contribution in [0.1, 0.15) is 18.4 Å². The maximum Gasteiger partial charge on any atom is 0.319 e. The highest BCUT2D eigenvalue weighted by Gasteiger charge is 2.19. The van der Waals surface area contributed by atoms with Crippen molar-refractivity contribution in [3.63, 3.8) is 0 Å². The number of urea groups is 1. The number of aryl methyl sites for hydroxylation is 1. The van der Waals surface area contributed by atoms with Crippen molar-refractivity contribution in [2.45, 2.75) is 25.8 Å². The number of benzene rings is 2. The molecule has 0 saturated carbocycles. The fourth-order valence-corrected chi connectivity index (χ4v) is 2.56. The first kappa shape index (κ1) is 16.8. The van der Waals surface area contributed by atoms with Gasteiger partial charge in [0.25, 0.3) is 0 Å². The minimum Gasteiger partial charge on any atom is -0.457 e. The van der Waals surface area contributed by atoms with Gasteiger partial charge in [-0.2, -0.15) is 0 Å². The molecule has 1 aliphatic rings. The second-order valence-electron chi connectivity index (χ2n) is 6.08. The lowest BCUT2D eigenvalue weighted by Gasteiger charge is -2.23. The van der Waals surface area contributed by atoms with Gasteiger partial charge in [-0.25, -0.2) is 4.79 Å². The fraction of sp³-hybridized carbons (Fsp3) is 0.263. The number of hydrogen-bond acceptors (Lipinski definition) is 3. The maximum absolute atomic E-state index is 12.0. The molecule has 1 atom stereocenters. The van der Waals surface area contributed by atoms with Gasteiger partial charge in [-0.3, -0.25) is 4.79 Å². The molecule has 1 heterocycles. The van der Waals surface area contributed by atoms with E-state index in [-0.39, 0.29) is 18.0 Å². The standard InChI is InChI=1S/C19H21N3O3/c1-13-2-7-16(8-3-13)25-17-9-4-14(5-10-17)21-19(24)22-15-6-11-18(23)20-12-15/h2-5,7-10,15H,6,11-12H2,1H3,(H,20,23)(H2,21,22,24)/t15-/m1/s1. The maximum atomic E-state index is 12.0. The number of anilines is 1. The summed E-state index contributed by atoms with van der Waals surface area (Å²) >= 11 is 0. The van der Waals surface area contributed by atoms with E-state index in [4.69, 9.17) is 4.74 Å². The summed E-state index contributed by atoms with van der Waals surface area (Å²) in [4.78, 5) is 23.1. The Labute approximate surface area is 146 Å². The van der Waals surface area contributed by atoms with Crippen LogP contribution in [-0.2, 0) is 4.79 Å². The van der Waals surface area contributed by atoms with Crippen LogP contribution in [-0.4, -0.2) is 24.5 Å². The molecule has 0 radical (unpaired) electrons. The molecule has 3 rings (SSSR count). The van der Waals surface area contributed by atoms with E-state index in [9.17, 15) is 9.59 Å². The Morgan fingerprint density at radius 2 is 1.72 bits per heavy atom. The van der Waals surface area contributed by atoms with Gasteiger partial charge in [0, 0.05) is 24.7 Å². The number of nitrogens with one attached hydrogen (secondary N) is 3. The third kappa shape index (κ3) is 4.97. The smallest absolute Gasteiger partial charge is 0.319 e. The van der Waals surface area contributed by atoms with Crippen LogP contribution >= 0.6 is 0 Å². The summed E-state index contributed by atoms with van der Waals surface area (Å²) in [6.07, 6.45) is 1.10. The highest BCUT2D eigenvalue weighted by molar-refractivity contribution is 5.89. The largest absolute Gasteiger partial charge is 0.457 e. The summed E-state index contributed by atoms with van der Waals surface area (Å²) in [7, 11) is 0. The highest BCUT2D eigenvalue weighted by Crippen LogP contribution is 2.23. The second kappa shape index (κ2) is 7.70. The van der Waals surface area contributed by atoms with Crippen LogP contribution in [0.25, 0.3) is 0 Å². The fourth-order valence-electron chi connectivity index (χ4n) is 2.56. The van der Waals surface area contributed by atoms with Crippen molar-refractivity contribution in [2.24, 2.45) is 0 Å². The molecule has 3 amide bonds. The molecular weight excluding hydrogens is 318 g/mol. The van der Waals surface area contributed by atoms with Gasteiger partial charge >= 0.3 is 6.03 Å². The third-order valence-corrected chi connectivity index (χ3v) is 3.97. The van der Waals surface area contributed by atoms with E-state index in [1.807, 2.05) is 31.2 Å². The summed E-state index contributed by atoms with van der Waals surface area (Å²) in [6.45, 7) is 2.49. The molecule has 0 unspecified atom stereocenters. The zero-order chi connectivity index (χ0) is 17.6. The van der Waals surface area contributed by atoms with Crippen molar-refractivity contribution in [3.8, 4) is 11.5 Å². The Morgan fingerprint density at radius 1 is 1.08 bits per heavy atom. The Hall–Kier alpha value is -3.02. The molecule has 6 heteroatoms. The van der Waals surface area contributed by atoms with E-state index in [1.165, 1.54) is 5.56 Å². The summed E-state index contributed by atoms with van der Waals surface area (Å²) in [6, 6.07) is 14.7. The molecule has 25 heavy (non-hydrogen) atoms. The number of hydrogen-bond donors (Lipinski definition) is 3. The Morgan fingerprint density at radius 3 is 2.32 bits per heavy atom. The zero-order valence-electron chi connectivity index (χ0n) is 14.0. The molecule has 0 spiro atoms. The Balaban J connectivity index is 1.50. The molecule has 6 nitrogen and oxygen atoms in total. The predicted molar refractivity (Wildman–Crippen MR) is 95.9 cm³/mol. The lowest BCUT2D eigenvalue weighted by molar-refractivity contribution is -0.122. The molecule has 1 aliphatic heterocycles. The molecule has 0 bridgehead atoms. The van der Waals surface area contributed by atoms with Crippen molar-refractivity contribution < 1.29 is 14.3 Å². The van der Waals surface area contributed by atoms with Gasteiger partial charge in [0.2, 0.25) is 5.91 Å². The minimum atomic E-state index is -0.284. The number of rotatable bonds is 4. The molecule has 130 valence electrons. The number of piperidine rings is 1. The summed E-state index contributed by atoms with van der Waals surface area (Å²) in [5.41, 5.74) is 1.85. The van der Waals surface area contributed by atoms with Gasteiger partial charge in [0.1, 0.15) is 11.5 Å². The van der Waals surface area contributed by atoms with E-state index in [0.29, 0.717) is 30.8 Å². The van der Waals surface area contributed by atoms with E-state index in [1.54, 1.807) is 24.3 Å². The Bertz CT molecular complexity index is 732. The average molecular weight is 339 g/mol. The van der Waals surface area contributed by atoms with Gasteiger partial charge in [-0.15, -0.1) is 0 Å². The van der Waals surface area contributed by atoms with Crippen LogP contribution < -0.4 is 20.7 Å². The molecule has 2 aromatic carbocycles. The lowest BCUT2D eigenvalue weighted by Crippen LogP contribution is -2.48. The Kier molecular flexibility index (Phi) is 5.18. The van der Waals surface area contributed by atoms with Crippen LogP contribution in [0.2, 0.25) is 0 Å². The summed E-state index contributed by atoms with van der Waals surface area (Å²) in [5, 5.41) is 8.37. The molecule has 0 aliphatic carbocycles. The first-order valence-electron chi connectivity index (χ1n) is 8.27. The highest BCUT2D eigenvalue weighted by atomic mass is 16.5. The van der Waals surface area contributed by atoms with Crippen LogP contribution in [0.3, 0.4) is 0 Å². The minimum absolute atomic E-state index is 0.0302. The van der Waals surface area contributed by atoms with Crippen LogP contribution in [0.15, 0.2) is 48.5 Å². The predicted octanol–water partition coefficient (Wildman–Crippen LogP) is 3.19. The lowest BCUT2D eigenvalue weighted by atomic mass is 10.1. The van der Waals surface area contributed by atoms with E-state index in [2.05, 4.69) is 16.0 Å². The zero-order valence-corrected chi connectivity index (χ0v) is 14.0. The first-order valence-corrected chi connectivity index (χ1v) is 8.27. The molecule has 0 aromatic heterocycles. The van der Waals surface area contributed by atoms with Gasteiger partial charge in [-0.1, -0.05) is 17.7 Å². The van der Waals surface area contributed by atoms with E-state index < -0.39 is 0 Å².